The fraction of sp³-hybridized carbons (Fsp3) is 0.0435. The molecule has 4 rings (SSSR count). The van der Waals surface area contributed by atoms with Crippen molar-refractivity contribution < 1.29 is 9.53 Å². The summed E-state index contributed by atoms with van der Waals surface area (Å²) >= 11 is 0. The molecule has 0 atom stereocenters. The van der Waals surface area contributed by atoms with Crippen LogP contribution in [0.4, 0.5) is 0 Å². The zero-order chi connectivity index (χ0) is 18.6. The van der Waals surface area contributed by atoms with E-state index >= 15 is 0 Å². The highest BCUT2D eigenvalue weighted by Gasteiger charge is 2.05. The second-order valence-corrected chi connectivity index (χ2v) is 6.17. The fourth-order valence-corrected chi connectivity index (χ4v) is 2.92. The van der Waals surface area contributed by atoms with Gasteiger partial charge in [0.15, 0.2) is 0 Å². The highest BCUT2D eigenvalue weighted by atomic mass is 16.5. The summed E-state index contributed by atoms with van der Waals surface area (Å²) in [6.07, 6.45) is 4.05. The number of aromatic amines is 1. The first-order chi connectivity index (χ1) is 13.2. The predicted molar refractivity (Wildman–Crippen MR) is 108 cm³/mol. The molecule has 4 aromatic rings. The van der Waals surface area contributed by atoms with Crippen molar-refractivity contribution in [2.45, 2.75) is 0 Å². The average Bonchev–Trinajstić information content (AvgIpc) is 3.17. The third-order valence-electron chi connectivity index (χ3n) is 4.35. The lowest BCUT2D eigenvalue weighted by molar-refractivity contribution is 0.0600. The summed E-state index contributed by atoms with van der Waals surface area (Å²) < 4.78 is 4.72. The number of ether oxygens (including phenoxy) is 1. The van der Waals surface area contributed by atoms with Gasteiger partial charge in [-0.25, -0.2) is 9.78 Å². The van der Waals surface area contributed by atoms with Crippen LogP contribution in [-0.2, 0) is 4.74 Å². The molecule has 132 valence electrons. The number of imidazole rings is 1. The first-order valence-corrected chi connectivity index (χ1v) is 8.64. The van der Waals surface area contributed by atoms with Gasteiger partial charge >= 0.3 is 5.97 Å². The maximum Gasteiger partial charge on any atom is 0.337 e. The van der Waals surface area contributed by atoms with Crippen molar-refractivity contribution in [2.75, 3.05) is 7.11 Å². The minimum Gasteiger partial charge on any atom is -0.465 e. The molecule has 0 bridgehead atoms. The van der Waals surface area contributed by atoms with E-state index in [0.717, 1.165) is 33.5 Å². The standard InChI is InChI=1S/C23H18N2O2/c1-27-23(26)18-13-11-16(12-14-18)9-10-17-5-4-6-19(15-17)22-24-20-7-2-3-8-21(20)25-22/h2-15H,1H3,(H,24,25)/b10-9+. The van der Waals surface area contributed by atoms with Crippen molar-refractivity contribution in [3.05, 3.63) is 89.5 Å². The Kier molecular flexibility index (Phi) is 4.54. The molecule has 0 spiro atoms. The van der Waals surface area contributed by atoms with E-state index < -0.39 is 0 Å². The third-order valence-corrected chi connectivity index (χ3v) is 4.35. The summed E-state index contributed by atoms with van der Waals surface area (Å²) in [6, 6.07) is 23.5. The molecule has 0 aliphatic carbocycles. The first-order valence-electron chi connectivity index (χ1n) is 8.64. The van der Waals surface area contributed by atoms with Crippen LogP contribution in [-0.4, -0.2) is 23.0 Å². The highest BCUT2D eigenvalue weighted by molar-refractivity contribution is 5.89. The number of methoxy groups -OCH3 is 1. The number of hydrogen-bond donors (Lipinski definition) is 1. The monoisotopic (exact) mass is 354 g/mol. The molecule has 0 radical (unpaired) electrons. The molecule has 0 aliphatic heterocycles. The molecule has 0 saturated heterocycles. The van der Waals surface area contributed by atoms with Crippen LogP contribution < -0.4 is 0 Å². The molecular formula is C23H18N2O2. The molecule has 1 aromatic heterocycles. The molecule has 4 nitrogen and oxygen atoms in total. The van der Waals surface area contributed by atoms with Gasteiger partial charge in [0.05, 0.1) is 23.7 Å². The van der Waals surface area contributed by atoms with Crippen LogP contribution >= 0.6 is 0 Å². The van der Waals surface area contributed by atoms with Gasteiger partial charge in [-0.15, -0.1) is 0 Å². The second-order valence-electron chi connectivity index (χ2n) is 6.17. The summed E-state index contributed by atoms with van der Waals surface area (Å²) in [4.78, 5) is 19.5. The third kappa shape index (κ3) is 3.65. The van der Waals surface area contributed by atoms with Gasteiger partial charge in [-0.3, -0.25) is 0 Å². The molecule has 4 heteroatoms. The molecule has 27 heavy (non-hydrogen) atoms. The fourth-order valence-electron chi connectivity index (χ4n) is 2.92. The number of H-pyrrole nitrogens is 1. The van der Waals surface area contributed by atoms with E-state index in [1.165, 1.54) is 7.11 Å². The number of fused-ring (bicyclic) bond motifs is 1. The Bertz CT molecular complexity index is 1090. The number of carbonyl (C=O) groups is 1. The summed E-state index contributed by atoms with van der Waals surface area (Å²) in [6.45, 7) is 0. The summed E-state index contributed by atoms with van der Waals surface area (Å²) in [7, 11) is 1.38. The number of rotatable bonds is 4. The van der Waals surface area contributed by atoms with Crippen molar-refractivity contribution in [1.82, 2.24) is 9.97 Å². The molecular weight excluding hydrogens is 336 g/mol. The van der Waals surface area contributed by atoms with E-state index in [1.807, 2.05) is 66.7 Å². The minimum absolute atomic E-state index is 0.330. The summed E-state index contributed by atoms with van der Waals surface area (Å²) in [5.41, 5.74) is 5.65. The lowest BCUT2D eigenvalue weighted by Gasteiger charge is -2.01. The SMILES string of the molecule is COC(=O)c1ccc(/C=C/c2cccc(-c3nc4ccccc4[nH]3)c2)cc1. The first kappa shape index (κ1) is 16.8. The second kappa shape index (κ2) is 7.30. The topological polar surface area (TPSA) is 55.0 Å². The molecule has 0 amide bonds. The maximum absolute atomic E-state index is 11.5. The molecule has 0 saturated carbocycles. The van der Waals surface area contributed by atoms with Crippen LogP contribution in [0.1, 0.15) is 21.5 Å². The van der Waals surface area contributed by atoms with Crippen LogP contribution in [0.25, 0.3) is 34.6 Å². The predicted octanol–water partition coefficient (Wildman–Crippen LogP) is 5.19. The Morgan fingerprint density at radius 2 is 1.70 bits per heavy atom. The zero-order valence-electron chi connectivity index (χ0n) is 14.8. The van der Waals surface area contributed by atoms with Gasteiger partial charge in [0, 0.05) is 5.56 Å². The number of aromatic nitrogens is 2. The van der Waals surface area contributed by atoms with E-state index in [0.29, 0.717) is 5.56 Å². The Morgan fingerprint density at radius 3 is 2.48 bits per heavy atom. The van der Waals surface area contributed by atoms with Crippen molar-refractivity contribution in [2.24, 2.45) is 0 Å². The van der Waals surface area contributed by atoms with Gasteiger partial charge in [-0.1, -0.05) is 54.6 Å². The number of hydrogen-bond acceptors (Lipinski definition) is 3. The number of benzene rings is 3. The van der Waals surface area contributed by atoms with Crippen molar-refractivity contribution in [3.8, 4) is 11.4 Å². The van der Waals surface area contributed by atoms with Crippen molar-refractivity contribution >= 4 is 29.2 Å². The number of para-hydroxylation sites is 2. The number of esters is 1. The molecule has 1 heterocycles. The Hall–Kier alpha value is -3.66. The quantitative estimate of drug-likeness (QED) is 0.405. The molecule has 0 aliphatic rings. The molecule has 1 N–H and O–H groups in total. The summed E-state index contributed by atoms with van der Waals surface area (Å²) in [5.74, 6) is 0.526. The van der Waals surface area contributed by atoms with Crippen molar-refractivity contribution in [3.63, 3.8) is 0 Å². The van der Waals surface area contributed by atoms with Gasteiger partial charge in [0.25, 0.3) is 0 Å². The minimum atomic E-state index is -0.330. The number of nitrogens with one attached hydrogen (secondary N) is 1. The van der Waals surface area contributed by atoms with Gasteiger partial charge in [0.1, 0.15) is 5.82 Å². The van der Waals surface area contributed by atoms with E-state index in [1.54, 1.807) is 12.1 Å². The highest BCUT2D eigenvalue weighted by Crippen LogP contribution is 2.22. The smallest absolute Gasteiger partial charge is 0.337 e. The van der Waals surface area contributed by atoms with Gasteiger partial charge in [0.2, 0.25) is 0 Å². The van der Waals surface area contributed by atoms with E-state index in [-0.39, 0.29) is 5.97 Å². The molecule has 0 fully saturated rings. The largest absolute Gasteiger partial charge is 0.465 e. The van der Waals surface area contributed by atoms with E-state index in [2.05, 4.69) is 16.0 Å². The maximum atomic E-state index is 11.5. The van der Waals surface area contributed by atoms with Crippen LogP contribution in [0.15, 0.2) is 72.8 Å². The zero-order valence-corrected chi connectivity index (χ0v) is 14.8. The Morgan fingerprint density at radius 1 is 0.926 bits per heavy atom. The Labute approximate surface area is 157 Å². The van der Waals surface area contributed by atoms with Crippen LogP contribution in [0.5, 0.6) is 0 Å². The van der Waals surface area contributed by atoms with Gasteiger partial charge < -0.3 is 9.72 Å². The van der Waals surface area contributed by atoms with Crippen molar-refractivity contribution in [1.29, 1.82) is 0 Å². The van der Waals surface area contributed by atoms with Crippen LogP contribution in [0.2, 0.25) is 0 Å². The van der Waals surface area contributed by atoms with E-state index in [9.17, 15) is 4.79 Å². The lowest BCUT2D eigenvalue weighted by atomic mass is 10.1. The van der Waals surface area contributed by atoms with Crippen LogP contribution in [0.3, 0.4) is 0 Å². The number of nitrogens with zero attached hydrogens (tertiary/aromatic N) is 1. The molecule has 0 unspecified atom stereocenters. The van der Waals surface area contributed by atoms with Gasteiger partial charge in [-0.2, -0.15) is 0 Å². The summed E-state index contributed by atoms with van der Waals surface area (Å²) in [5, 5.41) is 0. The lowest BCUT2D eigenvalue weighted by Crippen LogP contribution is -2.00. The van der Waals surface area contributed by atoms with Gasteiger partial charge in [-0.05, 0) is 41.5 Å². The van der Waals surface area contributed by atoms with E-state index in [4.69, 9.17) is 4.74 Å². The molecule has 3 aromatic carbocycles. The Balaban J connectivity index is 1.57. The van der Waals surface area contributed by atoms with Crippen LogP contribution in [0, 0.1) is 0 Å². The average molecular weight is 354 g/mol. The number of carbonyl (C=O) groups excluding carboxylic acids is 1. The normalized spacial score (nSPS) is 11.1.